The van der Waals surface area contributed by atoms with Crippen LogP contribution in [0.2, 0.25) is 0 Å². The second-order valence-electron chi connectivity index (χ2n) is 5.38. The molecule has 1 rings (SSSR count). The highest BCUT2D eigenvalue weighted by atomic mass is 16.5. The van der Waals surface area contributed by atoms with Crippen molar-refractivity contribution in [3.63, 3.8) is 0 Å². The molecule has 0 amide bonds. The van der Waals surface area contributed by atoms with Gasteiger partial charge < -0.3 is 14.8 Å². The third-order valence-electron chi connectivity index (χ3n) is 3.53. The highest BCUT2D eigenvalue weighted by Gasteiger charge is 2.35. The molecule has 0 aliphatic heterocycles. The highest BCUT2D eigenvalue weighted by molar-refractivity contribution is 4.88. The maximum Gasteiger partial charge on any atom is 0.0809 e. The Morgan fingerprint density at radius 1 is 1.29 bits per heavy atom. The van der Waals surface area contributed by atoms with Crippen LogP contribution in [0.25, 0.3) is 0 Å². The van der Waals surface area contributed by atoms with Gasteiger partial charge in [-0.05, 0) is 32.2 Å². The number of rotatable bonds is 8. The van der Waals surface area contributed by atoms with Gasteiger partial charge >= 0.3 is 0 Å². The van der Waals surface area contributed by atoms with E-state index in [1.54, 1.807) is 0 Å². The molecule has 1 aliphatic rings. The highest BCUT2D eigenvalue weighted by Crippen LogP contribution is 2.34. The summed E-state index contributed by atoms with van der Waals surface area (Å²) in [4.78, 5) is 0. The molecule has 102 valence electrons. The van der Waals surface area contributed by atoms with E-state index in [4.69, 9.17) is 9.47 Å². The van der Waals surface area contributed by atoms with Crippen molar-refractivity contribution in [1.82, 2.24) is 5.32 Å². The molecule has 1 N–H and O–H groups in total. The van der Waals surface area contributed by atoms with E-state index in [1.807, 2.05) is 7.05 Å². The first-order chi connectivity index (χ1) is 8.22. The Kier molecular flexibility index (Phi) is 7.09. The third-order valence-corrected chi connectivity index (χ3v) is 3.53. The molecule has 2 unspecified atom stereocenters. The third kappa shape index (κ3) is 5.36. The van der Waals surface area contributed by atoms with E-state index in [2.05, 4.69) is 19.2 Å². The summed E-state index contributed by atoms with van der Waals surface area (Å²) in [6, 6.07) is 0. The molecule has 1 aliphatic carbocycles. The summed E-state index contributed by atoms with van der Waals surface area (Å²) < 4.78 is 11.6. The van der Waals surface area contributed by atoms with E-state index in [0.717, 1.165) is 38.7 Å². The topological polar surface area (TPSA) is 30.5 Å². The molecule has 0 saturated heterocycles. The van der Waals surface area contributed by atoms with Gasteiger partial charge in [0.2, 0.25) is 0 Å². The maximum atomic E-state index is 6.14. The largest absolute Gasteiger partial charge is 0.379 e. The average molecular weight is 243 g/mol. The molecule has 0 bridgehead atoms. The lowest BCUT2D eigenvalue weighted by molar-refractivity contribution is -0.0943. The van der Waals surface area contributed by atoms with Crippen LogP contribution in [-0.2, 0) is 9.47 Å². The Hall–Kier alpha value is -0.120. The molecule has 0 spiro atoms. The van der Waals surface area contributed by atoms with Crippen LogP contribution in [0, 0.1) is 5.92 Å². The zero-order chi connectivity index (χ0) is 12.6. The standard InChI is InChI=1S/C14H29NO2/c1-4-8-16-9-10-17-14(12-15-3)7-5-6-13(2)11-14/h13,15H,4-12H2,1-3H3. The van der Waals surface area contributed by atoms with Crippen LogP contribution in [0.1, 0.15) is 46.0 Å². The molecule has 0 aromatic carbocycles. The summed E-state index contributed by atoms with van der Waals surface area (Å²) in [5, 5.41) is 3.29. The quantitative estimate of drug-likeness (QED) is 0.665. The predicted octanol–water partition coefficient (Wildman–Crippen LogP) is 2.60. The Labute approximate surface area is 106 Å². The summed E-state index contributed by atoms with van der Waals surface area (Å²) in [5.74, 6) is 0.786. The SMILES string of the molecule is CCCOCCOC1(CNC)CCCC(C)C1. The van der Waals surface area contributed by atoms with Crippen molar-refractivity contribution >= 4 is 0 Å². The Bertz CT molecular complexity index is 195. The van der Waals surface area contributed by atoms with Crippen molar-refractivity contribution < 1.29 is 9.47 Å². The van der Waals surface area contributed by atoms with Crippen molar-refractivity contribution in [3.8, 4) is 0 Å². The number of nitrogens with one attached hydrogen (secondary N) is 1. The van der Waals surface area contributed by atoms with E-state index < -0.39 is 0 Å². The van der Waals surface area contributed by atoms with E-state index >= 15 is 0 Å². The molecular formula is C14H29NO2. The van der Waals surface area contributed by atoms with Crippen molar-refractivity contribution in [2.24, 2.45) is 5.92 Å². The minimum absolute atomic E-state index is 0.0575. The smallest absolute Gasteiger partial charge is 0.0809 e. The van der Waals surface area contributed by atoms with Gasteiger partial charge in [-0.2, -0.15) is 0 Å². The molecule has 3 nitrogen and oxygen atoms in total. The molecular weight excluding hydrogens is 214 g/mol. The Balaban J connectivity index is 2.31. The number of likely N-dealkylation sites (N-methyl/N-ethyl adjacent to an activating group) is 1. The van der Waals surface area contributed by atoms with Gasteiger partial charge in [-0.1, -0.05) is 26.7 Å². The number of ether oxygens (including phenoxy) is 2. The molecule has 1 fully saturated rings. The van der Waals surface area contributed by atoms with Crippen LogP contribution < -0.4 is 5.32 Å². The van der Waals surface area contributed by atoms with Gasteiger partial charge in [0.15, 0.2) is 0 Å². The predicted molar refractivity (Wildman–Crippen MR) is 71.4 cm³/mol. The van der Waals surface area contributed by atoms with Gasteiger partial charge in [-0.3, -0.25) is 0 Å². The first kappa shape index (κ1) is 14.9. The molecule has 1 saturated carbocycles. The van der Waals surface area contributed by atoms with Crippen LogP contribution in [0.5, 0.6) is 0 Å². The molecule has 0 aromatic rings. The summed E-state index contributed by atoms with van der Waals surface area (Å²) >= 11 is 0. The minimum Gasteiger partial charge on any atom is -0.379 e. The van der Waals surface area contributed by atoms with Crippen molar-refractivity contribution in [2.75, 3.05) is 33.4 Å². The second kappa shape index (κ2) is 8.06. The second-order valence-corrected chi connectivity index (χ2v) is 5.38. The van der Waals surface area contributed by atoms with Gasteiger partial charge in [0.1, 0.15) is 0 Å². The lowest BCUT2D eigenvalue weighted by Gasteiger charge is -2.40. The van der Waals surface area contributed by atoms with Crippen LogP contribution in [-0.4, -0.2) is 39.0 Å². The summed E-state index contributed by atoms with van der Waals surface area (Å²) in [6.07, 6.45) is 6.09. The van der Waals surface area contributed by atoms with Gasteiger partial charge in [-0.25, -0.2) is 0 Å². The van der Waals surface area contributed by atoms with Crippen molar-refractivity contribution in [1.29, 1.82) is 0 Å². The monoisotopic (exact) mass is 243 g/mol. The summed E-state index contributed by atoms with van der Waals surface area (Å²) in [5.41, 5.74) is 0.0575. The number of hydrogen-bond acceptors (Lipinski definition) is 3. The van der Waals surface area contributed by atoms with E-state index in [-0.39, 0.29) is 5.60 Å². The minimum atomic E-state index is 0.0575. The molecule has 17 heavy (non-hydrogen) atoms. The first-order valence-corrected chi connectivity index (χ1v) is 7.09. The van der Waals surface area contributed by atoms with Crippen molar-refractivity contribution in [3.05, 3.63) is 0 Å². The van der Waals surface area contributed by atoms with Crippen LogP contribution in [0.4, 0.5) is 0 Å². The van der Waals surface area contributed by atoms with E-state index in [1.165, 1.54) is 25.7 Å². The van der Waals surface area contributed by atoms with Crippen LogP contribution in [0.3, 0.4) is 0 Å². The van der Waals surface area contributed by atoms with Gasteiger partial charge in [0.25, 0.3) is 0 Å². The lowest BCUT2D eigenvalue weighted by atomic mass is 9.78. The average Bonchev–Trinajstić information content (AvgIpc) is 2.29. The molecule has 0 heterocycles. The molecule has 3 heteroatoms. The fraction of sp³-hybridized carbons (Fsp3) is 1.00. The zero-order valence-corrected chi connectivity index (χ0v) is 11.8. The summed E-state index contributed by atoms with van der Waals surface area (Å²) in [6.45, 7) is 7.73. The van der Waals surface area contributed by atoms with Gasteiger partial charge in [-0.15, -0.1) is 0 Å². The van der Waals surface area contributed by atoms with Gasteiger partial charge in [0, 0.05) is 13.2 Å². The van der Waals surface area contributed by atoms with E-state index in [9.17, 15) is 0 Å². The fourth-order valence-electron chi connectivity index (χ4n) is 2.84. The van der Waals surface area contributed by atoms with Crippen LogP contribution >= 0.6 is 0 Å². The normalized spacial score (nSPS) is 29.5. The fourth-order valence-corrected chi connectivity index (χ4v) is 2.84. The zero-order valence-electron chi connectivity index (χ0n) is 11.8. The van der Waals surface area contributed by atoms with Crippen LogP contribution in [0.15, 0.2) is 0 Å². The summed E-state index contributed by atoms with van der Waals surface area (Å²) in [7, 11) is 2.01. The Morgan fingerprint density at radius 2 is 2.12 bits per heavy atom. The van der Waals surface area contributed by atoms with Crippen molar-refractivity contribution in [2.45, 2.75) is 51.6 Å². The molecule has 0 radical (unpaired) electrons. The Morgan fingerprint density at radius 3 is 2.76 bits per heavy atom. The first-order valence-electron chi connectivity index (χ1n) is 7.09. The lowest BCUT2D eigenvalue weighted by Crippen LogP contribution is -2.46. The number of hydrogen-bond donors (Lipinski definition) is 1. The van der Waals surface area contributed by atoms with Gasteiger partial charge in [0.05, 0.1) is 18.8 Å². The molecule has 2 atom stereocenters. The van der Waals surface area contributed by atoms with E-state index in [0.29, 0.717) is 0 Å². The maximum absolute atomic E-state index is 6.14. The molecule has 0 aromatic heterocycles.